The number of hydrogen-bond donors (Lipinski definition) is 2. The van der Waals surface area contributed by atoms with Gasteiger partial charge in [0.05, 0.1) is 6.04 Å². The van der Waals surface area contributed by atoms with E-state index < -0.39 is 10.2 Å². The van der Waals surface area contributed by atoms with Crippen molar-refractivity contribution in [2.24, 2.45) is 5.73 Å². The molecule has 1 rings (SSSR count). The first-order valence-electron chi connectivity index (χ1n) is 4.60. The summed E-state index contributed by atoms with van der Waals surface area (Å²) in [7, 11) is -0.249. The third-order valence-corrected chi connectivity index (χ3v) is 4.32. The first-order chi connectivity index (χ1) is 6.50. The second-order valence-electron chi connectivity index (χ2n) is 3.49. The van der Waals surface area contributed by atoms with Crippen LogP contribution in [0.25, 0.3) is 0 Å². The van der Waals surface area contributed by atoms with Crippen LogP contribution < -0.4 is 11.1 Å². The van der Waals surface area contributed by atoms with Gasteiger partial charge in [-0.3, -0.25) is 0 Å². The molecule has 0 bridgehead atoms. The summed E-state index contributed by atoms with van der Waals surface area (Å²) in [4.78, 5) is 0. The maximum absolute atomic E-state index is 11.8. The third-order valence-electron chi connectivity index (χ3n) is 2.33. The molecule has 1 fully saturated rings. The van der Waals surface area contributed by atoms with E-state index in [0.29, 0.717) is 26.2 Å². The maximum Gasteiger partial charge on any atom is 0.281 e. The van der Waals surface area contributed by atoms with Crippen LogP contribution in [-0.4, -0.2) is 63.3 Å². The van der Waals surface area contributed by atoms with E-state index in [9.17, 15) is 8.42 Å². The van der Waals surface area contributed by atoms with Crippen LogP contribution in [-0.2, 0) is 10.2 Å². The molecule has 0 aliphatic carbocycles. The van der Waals surface area contributed by atoms with Gasteiger partial charge in [0.25, 0.3) is 10.2 Å². The van der Waals surface area contributed by atoms with E-state index in [4.69, 9.17) is 5.73 Å². The number of nitrogens with two attached hydrogens (primary N) is 1. The minimum Gasteiger partial charge on any atom is -0.329 e. The monoisotopic (exact) mass is 222 g/mol. The number of nitrogens with zero attached hydrogens (tertiary/aromatic N) is 2. The fraction of sp³-hybridized carbons (Fsp3) is 1.00. The summed E-state index contributed by atoms with van der Waals surface area (Å²) in [6.07, 6.45) is 0. The average Bonchev–Trinajstić information content (AvgIpc) is 2.17. The van der Waals surface area contributed by atoms with Crippen molar-refractivity contribution >= 4 is 10.2 Å². The van der Waals surface area contributed by atoms with E-state index in [1.807, 2.05) is 0 Å². The lowest BCUT2D eigenvalue weighted by Crippen LogP contribution is -2.58. The van der Waals surface area contributed by atoms with Crippen molar-refractivity contribution in [1.29, 1.82) is 0 Å². The Balaban J connectivity index is 2.83. The Labute approximate surface area is 85.2 Å². The second-order valence-corrected chi connectivity index (χ2v) is 5.59. The standard InChI is InChI=1S/C7H18N4O2S/c1-10(2)14(12,13)11-4-3-9-6-7(11)5-8/h7,9H,3-6,8H2,1-2H3. The van der Waals surface area contributed by atoms with Gasteiger partial charge in [-0.25, -0.2) is 0 Å². The highest BCUT2D eigenvalue weighted by Crippen LogP contribution is 2.10. The average molecular weight is 222 g/mol. The maximum atomic E-state index is 11.8. The van der Waals surface area contributed by atoms with Crippen molar-refractivity contribution in [3.8, 4) is 0 Å². The summed E-state index contributed by atoms with van der Waals surface area (Å²) >= 11 is 0. The lowest BCUT2D eigenvalue weighted by molar-refractivity contribution is 0.258. The van der Waals surface area contributed by atoms with E-state index in [1.165, 1.54) is 22.7 Å². The molecule has 14 heavy (non-hydrogen) atoms. The minimum absolute atomic E-state index is 0.129. The van der Waals surface area contributed by atoms with E-state index >= 15 is 0 Å². The normalized spacial score (nSPS) is 25.6. The van der Waals surface area contributed by atoms with Crippen LogP contribution in [0.1, 0.15) is 0 Å². The van der Waals surface area contributed by atoms with Gasteiger partial charge in [0.1, 0.15) is 0 Å². The van der Waals surface area contributed by atoms with E-state index in [1.54, 1.807) is 0 Å². The molecule has 0 radical (unpaired) electrons. The summed E-state index contributed by atoms with van der Waals surface area (Å²) in [5, 5.41) is 3.12. The van der Waals surface area contributed by atoms with Gasteiger partial charge in [0.15, 0.2) is 0 Å². The van der Waals surface area contributed by atoms with Gasteiger partial charge in [-0.15, -0.1) is 0 Å². The molecule has 84 valence electrons. The predicted molar refractivity (Wildman–Crippen MR) is 55.0 cm³/mol. The van der Waals surface area contributed by atoms with Crippen molar-refractivity contribution < 1.29 is 8.42 Å². The van der Waals surface area contributed by atoms with Gasteiger partial charge >= 0.3 is 0 Å². The Hall–Kier alpha value is -0.210. The second kappa shape index (κ2) is 4.54. The fourth-order valence-electron chi connectivity index (χ4n) is 1.46. The molecule has 1 aliphatic rings. The molecule has 0 aromatic carbocycles. The van der Waals surface area contributed by atoms with Crippen LogP contribution in [0.3, 0.4) is 0 Å². The zero-order valence-electron chi connectivity index (χ0n) is 8.60. The van der Waals surface area contributed by atoms with Crippen LogP contribution in [0.15, 0.2) is 0 Å². The number of rotatable bonds is 3. The molecular weight excluding hydrogens is 204 g/mol. The molecule has 0 aromatic heterocycles. The Morgan fingerprint density at radius 3 is 2.71 bits per heavy atom. The first kappa shape index (κ1) is 11.9. The molecule has 0 saturated carbocycles. The molecule has 1 unspecified atom stereocenters. The Bertz CT molecular complexity index is 277. The highest BCUT2D eigenvalue weighted by atomic mass is 32.2. The Morgan fingerprint density at radius 1 is 1.57 bits per heavy atom. The molecule has 6 nitrogen and oxygen atoms in total. The highest BCUT2D eigenvalue weighted by molar-refractivity contribution is 7.86. The Kier molecular flexibility index (Phi) is 3.85. The topological polar surface area (TPSA) is 78.7 Å². The van der Waals surface area contributed by atoms with Crippen LogP contribution >= 0.6 is 0 Å². The van der Waals surface area contributed by atoms with E-state index in [-0.39, 0.29) is 6.04 Å². The van der Waals surface area contributed by atoms with Crippen LogP contribution in [0.2, 0.25) is 0 Å². The lowest BCUT2D eigenvalue weighted by Gasteiger charge is -2.35. The number of piperazine rings is 1. The molecule has 0 amide bonds. The largest absolute Gasteiger partial charge is 0.329 e. The van der Waals surface area contributed by atoms with Gasteiger partial charge < -0.3 is 11.1 Å². The van der Waals surface area contributed by atoms with E-state index in [0.717, 1.165) is 0 Å². The van der Waals surface area contributed by atoms with Gasteiger partial charge in [-0.2, -0.15) is 17.0 Å². The highest BCUT2D eigenvalue weighted by Gasteiger charge is 2.32. The predicted octanol–water partition coefficient (Wildman–Crippen LogP) is -1.97. The lowest BCUT2D eigenvalue weighted by atomic mass is 10.2. The number of nitrogens with one attached hydrogen (secondary N) is 1. The zero-order valence-corrected chi connectivity index (χ0v) is 9.42. The molecule has 1 heterocycles. The first-order valence-corrected chi connectivity index (χ1v) is 6.00. The molecule has 1 atom stereocenters. The number of hydrogen-bond acceptors (Lipinski definition) is 4. The van der Waals surface area contributed by atoms with Crippen molar-refractivity contribution in [1.82, 2.24) is 13.9 Å². The summed E-state index contributed by atoms with van der Waals surface area (Å²) in [6.45, 7) is 2.15. The van der Waals surface area contributed by atoms with Crippen molar-refractivity contribution in [2.45, 2.75) is 6.04 Å². The molecular formula is C7H18N4O2S. The summed E-state index contributed by atoms with van der Waals surface area (Å²) in [6, 6.07) is -0.129. The summed E-state index contributed by atoms with van der Waals surface area (Å²) in [5.74, 6) is 0. The molecule has 1 saturated heterocycles. The minimum atomic E-state index is -3.31. The van der Waals surface area contributed by atoms with Crippen molar-refractivity contribution in [2.75, 3.05) is 40.3 Å². The van der Waals surface area contributed by atoms with Gasteiger partial charge in [0, 0.05) is 40.3 Å². The molecule has 0 spiro atoms. The smallest absolute Gasteiger partial charge is 0.281 e. The molecule has 3 N–H and O–H groups in total. The molecule has 0 aromatic rings. The SMILES string of the molecule is CN(C)S(=O)(=O)N1CCNCC1CN. The molecule has 1 aliphatic heterocycles. The van der Waals surface area contributed by atoms with Crippen LogP contribution in [0.4, 0.5) is 0 Å². The molecule has 7 heteroatoms. The van der Waals surface area contributed by atoms with Gasteiger partial charge in [-0.05, 0) is 0 Å². The summed E-state index contributed by atoms with van der Waals surface area (Å²) in [5.41, 5.74) is 5.53. The van der Waals surface area contributed by atoms with Gasteiger partial charge in [0.2, 0.25) is 0 Å². The van der Waals surface area contributed by atoms with Crippen LogP contribution in [0.5, 0.6) is 0 Å². The third kappa shape index (κ3) is 2.23. The van der Waals surface area contributed by atoms with E-state index in [2.05, 4.69) is 5.32 Å². The quantitative estimate of drug-likeness (QED) is 0.580. The van der Waals surface area contributed by atoms with Gasteiger partial charge in [-0.1, -0.05) is 0 Å². The van der Waals surface area contributed by atoms with Crippen LogP contribution in [0, 0.1) is 0 Å². The van der Waals surface area contributed by atoms with Crippen molar-refractivity contribution in [3.05, 3.63) is 0 Å². The summed E-state index contributed by atoms with van der Waals surface area (Å²) < 4.78 is 26.3. The fourth-order valence-corrected chi connectivity index (χ4v) is 2.74. The zero-order chi connectivity index (χ0) is 10.8. The van der Waals surface area contributed by atoms with Crippen molar-refractivity contribution in [3.63, 3.8) is 0 Å². The Morgan fingerprint density at radius 2 is 2.21 bits per heavy atom.